The summed E-state index contributed by atoms with van der Waals surface area (Å²) in [5, 5.41) is 10.1. The van der Waals surface area contributed by atoms with Crippen molar-refractivity contribution in [3.8, 4) is 34.5 Å². The number of ether oxygens (including phenoxy) is 7. The van der Waals surface area contributed by atoms with Crippen LogP contribution in [0.2, 0.25) is 0 Å². The molecule has 124 heavy (non-hydrogen) atoms. The number of hydrogen-bond donors (Lipinski definition) is 3. The Bertz CT molecular complexity index is 3850. The van der Waals surface area contributed by atoms with E-state index < -0.39 is 0 Å². The quantitative estimate of drug-likeness (QED) is 0.0357. The first-order valence-corrected chi connectivity index (χ1v) is 47.4. The molecule has 15 heteroatoms. The number of anilines is 2. The smallest absolute Gasteiger partial charge is 0.131 e. The molecule has 0 unspecified atom stereocenters. The summed E-state index contributed by atoms with van der Waals surface area (Å²) >= 11 is 0. The number of hydrogen-bond acceptors (Lipinski definition) is 15. The molecule has 11 rings (SSSR count). The molecule has 694 valence electrons. The van der Waals surface area contributed by atoms with Gasteiger partial charge in [-0.15, -0.1) is 0 Å². The van der Waals surface area contributed by atoms with Crippen LogP contribution in [0.1, 0.15) is 283 Å². The van der Waals surface area contributed by atoms with Crippen molar-refractivity contribution in [1.82, 2.24) is 30.3 Å². The fourth-order valence-electron chi connectivity index (χ4n) is 13.4. The third kappa shape index (κ3) is 43.9. The van der Waals surface area contributed by atoms with E-state index in [0.29, 0.717) is 12.1 Å². The van der Waals surface area contributed by atoms with E-state index in [1.165, 1.54) is 97.0 Å². The number of nitrogens with one attached hydrogen (secondary N) is 3. The van der Waals surface area contributed by atoms with Crippen molar-refractivity contribution in [3.05, 3.63) is 197 Å². The molecule has 15 nitrogen and oxygen atoms in total. The van der Waals surface area contributed by atoms with Gasteiger partial charge in [-0.1, -0.05) is 252 Å². The Kier molecular flexibility index (Phi) is 46.7. The Balaban J connectivity index is 0.000000257. The molecule has 0 spiro atoms. The van der Waals surface area contributed by atoms with Crippen molar-refractivity contribution in [1.29, 1.82) is 0 Å². The van der Waals surface area contributed by atoms with Gasteiger partial charge >= 0.3 is 0 Å². The van der Waals surface area contributed by atoms with Gasteiger partial charge in [0.1, 0.15) is 66.0 Å². The first kappa shape index (κ1) is 107. The van der Waals surface area contributed by atoms with Crippen molar-refractivity contribution in [2.24, 2.45) is 5.92 Å². The lowest BCUT2D eigenvalue weighted by molar-refractivity contribution is 0.0322. The molecule has 6 aromatic carbocycles. The fraction of sp³-hybridized carbons (Fsp3) is 0.624. The van der Waals surface area contributed by atoms with Crippen LogP contribution < -0.4 is 49.3 Å². The number of likely N-dealkylation sites (N-methyl/N-ethyl adjacent to an activating group) is 1. The normalized spacial score (nSPS) is 14.8. The summed E-state index contributed by atoms with van der Waals surface area (Å²) in [7, 11) is 4.08. The maximum atomic E-state index is 5.79. The van der Waals surface area contributed by atoms with Gasteiger partial charge in [-0.3, -0.25) is 9.80 Å². The maximum absolute atomic E-state index is 5.79. The maximum Gasteiger partial charge on any atom is 0.131 e. The summed E-state index contributed by atoms with van der Waals surface area (Å²) in [5.41, 5.74) is 10.9. The van der Waals surface area contributed by atoms with Crippen molar-refractivity contribution in [3.63, 3.8) is 0 Å². The second-order valence-corrected chi connectivity index (χ2v) is 42.0. The van der Waals surface area contributed by atoms with E-state index in [1.807, 2.05) is 7.05 Å². The van der Waals surface area contributed by atoms with Crippen molar-refractivity contribution in [2.75, 3.05) is 156 Å². The standard InChI is InChI=1S/C17H28N4.C16H25NO2.C16H27NO.C16H26O.C15H23NO.C15H24O.C14H23NO/c1-17(2,3)13-11-15(19-14-5-4-6-14)20-16(12-13)21-9-7-18-8-10-21;1-16(2,3)14-4-6-15(7-5-14)19-13-10-17-8-11-18-12-9-17;1-13(2)17(6)11-12-18-15-9-7-14(8-10-15)16(3,4)5;1-13(2)7-6-12-17-15-10-8-14(9-11-15)16(3,4)5;1-15(2,3)13-5-7-14(8-6-13)17-12-11-16-9-4-10-16;1-5-6-7-12-16-14-10-8-13(9-11-14)15(2,3)4;1-14(2,3)12-6-8-13(9-7-12)16-11-5-10-15-4/h11-12,14,18H,4-10H2,1-3H3,(H,19,20);4-7H,8-13H2,1-3H3;7-10,13H,11-12H2,1-6H3;8-11,13H,6-7,12H2,1-5H3;5-8H,4,9-12H2,1-3H3;8-11H,5-7,12H2,1-4H3;6-9,15H,5,10-11H2,1-4H3. The lowest BCUT2D eigenvalue weighted by atomic mass is 9.87. The lowest BCUT2D eigenvalue weighted by Crippen LogP contribution is -2.44. The van der Waals surface area contributed by atoms with Crippen LogP contribution in [0.3, 0.4) is 0 Å². The number of rotatable bonds is 31. The molecule has 4 fully saturated rings. The molecule has 1 saturated carbocycles. The highest BCUT2D eigenvalue weighted by molar-refractivity contribution is 5.53. The number of benzene rings is 6. The van der Waals surface area contributed by atoms with E-state index >= 15 is 0 Å². The van der Waals surface area contributed by atoms with Crippen LogP contribution in [0.15, 0.2) is 158 Å². The number of pyridine rings is 1. The molecule has 1 aliphatic carbocycles. The van der Waals surface area contributed by atoms with Gasteiger partial charge in [0.15, 0.2) is 0 Å². The molecule has 4 heterocycles. The zero-order chi connectivity index (χ0) is 91.6. The van der Waals surface area contributed by atoms with Crippen LogP contribution >= 0.6 is 0 Å². The van der Waals surface area contributed by atoms with Gasteiger partial charge < -0.3 is 58.9 Å². The first-order chi connectivity index (χ1) is 58.4. The summed E-state index contributed by atoms with van der Waals surface area (Å²) in [6.45, 7) is 77.1. The van der Waals surface area contributed by atoms with Crippen LogP contribution in [0.4, 0.5) is 11.6 Å². The monoisotopic (exact) mass is 1710 g/mol. The highest BCUT2D eigenvalue weighted by Crippen LogP contribution is 2.34. The zero-order valence-electron chi connectivity index (χ0n) is 83.6. The SMILES string of the molecule is CC(C)(C)c1cc(NC2CCC2)nc(N2CCNCC2)c1.CC(C)(C)c1ccc(OCCN2CCC2)cc1.CC(C)(C)c1ccc(OCCN2CCOCC2)cc1.CC(C)CCCOc1ccc(C(C)(C)C)cc1.CC(C)N(C)CCOc1ccc(C(C)(C)C)cc1.CCCCCOc1ccc(C(C)(C)C)cc1.CNCCCOc1ccc(C(C)(C)C)cc1. The minimum Gasteiger partial charge on any atom is -0.494 e. The summed E-state index contributed by atoms with van der Waals surface area (Å²) in [6.07, 6.45) is 12.3. The van der Waals surface area contributed by atoms with Gasteiger partial charge in [-0.05, 0) is 267 Å². The highest BCUT2D eigenvalue weighted by atomic mass is 16.5. The van der Waals surface area contributed by atoms with Gasteiger partial charge in [0.05, 0.1) is 33.0 Å². The molecule has 3 N–H and O–H groups in total. The average Bonchev–Trinajstić information content (AvgIpc) is 0.804. The molecule has 0 amide bonds. The number of nitrogens with zero attached hydrogens (tertiary/aromatic N) is 5. The Morgan fingerprint density at radius 2 is 0.750 bits per heavy atom. The van der Waals surface area contributed by atoms with E-state index in [-0.39, 0.29) is 37.9 Å². The molecular formula is C109H176N8O7. The number of unbranched alkanes of at least 4 members (excludes halogenated alkanes) is 2. The summed E-state index contributed by atoms with van der Waals surface area (Å²) < 4.78 is 39.6. The molecule has 4 aliphatic rings. The van der Waals surface area contributed by atoms with Gasteiger partial charge in [0, 0.05) is 71.0 Å². The molecule has 3 aliphatic heterocycles. The lowest BCUT2D eigenvalue weighted by Gasteiger charge is -2.32. The Morgan fingerprint density at radius 3 is 1.06 bits per heavy atom. The van der Waals surface area contributed by atoms with Crippen molar-refractivity contribution >= 4 is 11.6 Å². The van der Waals surface area contributed by atoms with E-state index in [0.717, 1.165) is 190 Å². The molecule has 1 aromatic heterocycles. The molecule has 0 bridgehead atoms. The molecular weight excluding hydrogens is 1530 g/mol. The second-order valence-electron chi connectivity index (χ2n) is 42.0. The van der Waals surface area contributed by atoms with Gasteiger partial charge in [0.2, 0.25) is 0 Å². The van der Waals surface area contributed by atoms with Crippen LogP contribution in [-0.2, 0) is 42.6 Å². The summed E-state index contributed by atoms with van der Waals surface area (Å²) in [5.74, 6) is 8.79. The van der Waals surface area contributed by atoms with Gasteiger partial charge in [-0.2, -0.15) is 0 Å². The first-order valence-electron chi connectivity index (χ1n) is 47.4. The average molecular weight is 1710 g/mol. The number of aromatic nitrogens is 1. The predicted octanol–water partition coefficient (Wildman–Crippen LogP) is 24.5. The summed E-state index contributed by atoms with van der Waals surface area (Å²) in [4.78, 5) is 14.4. The third-order valence-electron chi connectivity index (χ3n) is 22.9. The number of morpholine rings is 1. The zero-order valence-corrected chi connectivity index (χ0v) is 83.6. The number of piperazine rings is 1. The van der Waals surface area contributed by atoms with Crippen LogP contribution in [0.25, 0.3) is 0 Å². The largest absolute Gasteiger partial charge is 0.494 e. The Labute approximate surface area is 757 Å². The molecule has 7 aromatic rings. The van der Waals surface area contributed by atoms with E-state index in [2.05, 4.69) is 380 Å². The Morgan fingerprint density at radius 1 is 0.411 bits per heavy atom. The Hall–Kier alpha value is -7.37. The van der Waals surface area contributed by atoms with E-state index in [9.17, 15) is 0 Å². The van der Waals surface area contributed by atoms with E-state index in [1.54, 1.807) is 0 Å². The van der Waals surface area contributed by atoms with Crippen molar-refractivity contribution in [2.45, 2.75) is 294 Å². The van der Waals surface area contributed by atoms with Gasteiger partial charge in [0.25, 0.3) is 0 Å². The van der Waals surface area contributed by atoms with Crippen molar-refractivity contribution < 1.29 is 33.2 Å². The fourth-order valence-corrected chi connectivity index (χ4v) is 13.4. The predicted molar refractivity (Wildman–Crippen MR) is 531 cm³/mol. The third-order valence-corrected chi connectivity index (χ3v) is 22.9. The minimum atomic E-state index is 0.155. The van der Waals surface area contributed by atoms with E-state index in [4.69, 9.17) is 38.1 Å². The van der Waals surface area contributed by atoms with Gasteiger partial charge in [-0.25, -0.2) is 4.98 Å². The second kappa shape index (κ2) is 54.1. The summed E-state index contributed by atoms with van der Waals surface area (Å²) in [6, 6.07) is 56.5. The molecule has 0 radical (unpaired) electrons. The molecule has 0 atom stereocenters. The van der Waals surface area contributed by atoms with Crippen LogP contribution in [0, 0.1) is 5.92 Å². The van der Waals surface area contributed by atoms with Crippen LogP contribution in [0.5, 0.6) is 34.5 Å². The number of likely N-dealkylation sites (tertiary alicyclic amines) is 1. The minimum absolute atomic E-state index is 0.155. The molecule has 3 saturated heterocycles. The highest BCUT2D eigenvalue weighted by Gasteiger charge is 2.25. The topological polar surface area (TPSA) is 127 Å². The van der Waals surface area contributed by atoms with Crippen LogP contribution in [-0.4, -0.2) is 177 Å².